The van der Waals surface area contributed by atoms with Crippen molar-refractivity contribution in [2.45, 2.75) is 43.8 Å². The first-order valence-electron chi connectivity index (χ1n) is 30.6. The smallest absolute Gasteiger partial charge is 0.343 e. The maximum atomic E-state index is 13.3. The van der Waals surface area contributed by atoms with Crippen molar-refractivity contribution in [1.82, 2.24) is 15.0 Å². The zero-order valence-electron chi connectivity index (χ0n) is 53.4. The largest absolute Gasteiger partial charge is 0.497 e. The van der Waals surface area contributed by atoms with E-state index >= 15 is 0 Å². The van der Waals surface area contributed by atoms with Gasteiger partial charge >= 0.3 is 11.9 Å². The van der Waals surface area contributed by atoms with E-state index in [4.69, 9.17) is 61.3 Å². The monoisotopic (exact) mass is 1350 g/mol. The van der Waals surface area contributed by atoms with Crippen LogP contribution in [-0.2, 0) is 16.8 Å². The zero-order chi connectivity index (χ0) is 68.9. The van der Waals surface area contributed by atoms with Gasteiger partial charge in [-0.2, -0.15) is 0 Å². The van der Waals surface area contributed by atoms with Crippen molar-refractivity contribution >= 4 is 63.7 Å². The number of hydrogen-bond acceptors (Lipinski definition) is 20. The topological polar surface area (TPSA) is 287 Å². The second-order valence-corrected chi connectivity index (χ2v) is 24.1. The van der Waals surface area contributed by atoms with E-state index in [0.29, 0.717) is 90.9 Å². The third-order valence-corrected chi connectivity index (χ3v) is 16.7. The molecule has 4 aliphatic heterocycles. The molecule has 0 saturated heterocycles. The van der Waals surface area contributed by atoms with Crippen LogP contribution in [0.15, 0.2) is 197 Å². The lowest BCUT2D eigenvalue weighted by molar-refractivity contribution is -0.126. The Morgan fingerprint density at radius 3 is 1.77 bits per heavy atom. The van der Waals surface area contributed by atoms with Gasteiger partial charge < -0.3 is 71.5 Å². The number of methoxy groups -OCH3 is 2. The molecule has 0 bridgehead atoms. The number of furan rings is 1. The van der Waals surface area contributed by atoms with Gasteiger partial charge in [-0.25, -0.2) is 14.6 Å². The lowest BCUT2D eigenvalue weighted by Crippen LogP contribution is -2.28. The number of imide groups is 1. The van der Waals surface area contributed by atoms with Gasteiger partial charge in [0.15, 0.2) is 40.1 Å². The molecule has 0 aliphatic carbocycles. The van der Waals surface area contributed by atoms with Crippen molar-refractivity contribution in [3.05, 3.63) is 227 Å². The van der Waals surface area contributed by atoms with Crippen LogP contribution in [0.3, 0.4) is 0 Å². The normalized spacial score (nSPS) is 13.0. The lowest BCUT2D eigenvalue weighted by atomic mass is 9.87. The molecule has 24 heteroatoms. The molecule has 0 spiro atoms. The van der Waals surface area contributed by atoms with Crippen LogP contribution < -0.4 is 66.9 Å². The summed E-state index contributed by atoms with van der Waals surface area (Å²) in [7, 11) is 3.15. The Kier molecular flexibility index (Phi) is 18.4. The number of carboxylic acid groups (broad SMARTS) is 2. The molecule has 9 aromatic carbocycles. The SMILES string of the molecule is CC(C)(C)c1ccc(SNC(=O)C(Oc2ccc3c(c2)C(=O)NC3=O)c2ccc3c(c2)OCO3)cc1.COc1ccc(-c2c(C(=O)O)c(OCc3ccccc3OC)nc3c2oc2ccccc23)cc1.O=C(O)c1c(Oc2ccc3c(c2)OCO3)cccc1Oc1ccc2c(c1)OCO2. The number of ether oxygens (including phenoxy) is 12. The van der Waals surface area contributed by atoms with Crippen LogP contribution in [0.1, 0.15) is 85.0 Å². The number of rotatable bonds is 18. The van der Waals surface area contributed by atoms with Crippen LogP contribution in [0, 0.1) is 0 Å². The number of carboxylic acids is 2. The van der Waals surface area contributed by atoms with Gasteiger partial charge in [-0.3, -0.25) is 24.4 Å². The van der Waals surface area contributed by atoms with E-state index in [9.17, 15) is 34.2 Å². The number of carbonyl (C=O) groups is 5. The first-order chi connectivity index (χ1) is 48.0. The van der Waals surface area contributed by atoms with Crippen molar-refractivity contribution in [3.8, 4) is 91.8 Å². The Balaban J connectivity index is 0.000000134. The fraction of sp³-hybridized carbons (Fsp3) is 0.147. The molecule has 15 rings (SSSR count). The van der Waals surface area contributed by atoms with Gasteiger partial charge in [0.25, 0.3) is 17.7 Å². The second kappa shape index (κ2) is 28.0. The molecule has 6 heterocycles. The van der Waals surface area contributed by atoms with Gasteiger partial charge in [0.2, 0.25) is 32.4 Å². The summed E-state index contributed by atoms with van der Waals surface area (Å²) in [5.41, 5.74) is 5.38. The Morgan fingerprint density at radius 1 is 0.576 bits per heavy atom. The van der Waals surface area contributed by atoms with E-state index in [-0.39, 0.29) is 77.8 Å². The molecule has 4 aliphatic rings. The lowest BCUT2D eigenvalue weighted by Gasteiger charge is -2.20. The third kappa shape index (κ3) is 14.1. The fourth-order valence-electron chi connectivity index (χ4n) is 10.9. The van der Waals surface area contributed by atoms with Crippen molar-refractivity contribution in [1.29, 1.82) is 0 Å². The van der Waals surface area contributed by atoms with Gasteiger partial charge in [0.1, 0.15) is 69.1 Å². The standard InChI is InChI=1S/C27H24N2O6S.C27H21NO6.C21H14O8/c1-27(2,3)16-5-8-18(9-6-16)36-29-26(32)23(15-4-11-21-22(12-15)34-14-33-21)35-17-7-10-19-20(13-17)25(31)28-24(19)30;1-31-18-13-11-16(12-14-18)22-23(27(29)30)26(33-15-17-7-3-5-9-20(17)32-2)28-24-19-8-4-6-10-21(19)34-25(22)24;22-21(23)20-16(28-12-4-6-14-18(8-12)26-10-24-14)2-1-3-17(20)29-13-5-7-15-19(9-13)27-11-25-15/h4-13,23H,14H2,1-3H3,(H,29,32)(H,28,30,31);3-14H,15H2,1-2H3,(H,29,30);1-9H,10-11H2,(H,22,23). The molecule has 0 radical (unpaired) electrons. The highest BCUT2D eigenvalue weighted by Gasteiger charge is 2.32. The number of para-hydroxylation sites is 2. The summed E-state index contributed by atoms with van der Waals surface area (Å²) in [4.78, 5) is 67.3. The minimum atomic E-state index is -1.18. The Morgan fingerprint density at radius 2 is 1.14 bits per heavy atom. The molecular weight excluding hydrogens is 1290 g/mol. The number of hydrogen-bond donors (Lipinski definition) is 4. The first-order valence-corrected chi connectivity index (χ1v) is 31.4. The number of fused-ring (bicyclic) bond motifs is 7. The highest BCUT2D eigenvalue weighted by atomic mass is 32.2. The van der Waals surface area contributed by atoms with Crippen LogP contribution in [0.5, 0.6) is 80.6 Å². The number of carbonyl (C=O) groups excluding carboxylic acids is 3. The number of aromatic carboxylic acids is 2. The molecular formula is C75H59N3O20S. The Bertz CT molecular complexity index is 4880. The van der Waals surface area contributed by atoms with Gasteiger partial charge in [-0.05, 0) is 138 Å². The number of nitrogens with zero attached hydrogens (tertiary/aromatic N) is 1. The van der Waals surface area contributed by atoms with Crippen molar-refractivity contribution < 1.29 is 95.4 Å². The summed E-state index contributed by atoms with van der Waals surface area (Å²) in [6.45, 7) is 6.88. The highest BCUT2D eigenvalue weighted by molar-refractivity contribution is 7.98. The Hall–Kier alpha value is -12.6. The quantitative estimate of drug-likeness (QED) is 0.0458. The Labute approximate surface area is 568 Å². The summed E-state index contributed by atoms with van der Waals surface area (Å²) < 4.78 is 75.4. The minimum absolute atomic E-state index is 0.00303. The van der Waals surface area contributed by atoms with Crippen molar-refractivity contribution in [3.63, 3.8) is 0 Å². The van der Waals surface area contributed by atoms with E-state index in [0.717, 1.165) is 15.8 Å². The first kappa shape index (κ1) is 65.1. The number of nitrogens with one attached hydrogen (secondary N) is 2. The minimum Gasteiger partial charge on any atom is -0.497 e. The molecule has 3 amide bonds. The summed E-state index contributed by atoms with van der Waals surface area (Å²) in [6.07, 6.45) is -1.06. The van der Waals surface area contributed by atoms with E-state index < -0.39 is 35.8 Å². The average Bonchev–Trinajstić information content (AvgIpc) is 1.63. The molecule has 11 aromatic rings. The summed E-state index contributed by atoms with van der Waals surface area (Å²) in [6, 6.07) is 54.4. The van der Waals surface area contributed by atoms with E-state index in [1.807, 2.05) is 72.8 Å². The molecule has 1 atom stereocenters. The fourth-order valence-corrected chi connectivity index (χ4v) is 11.5. The van der Waals surface area contributed by atoms with E-state index in [2.05, 4.69) is 35.8 Å². The van der Waals surface area contributed by atoms with Crippen LogP contribution in [0.25, 0.3) is 33.2 Å². The summed E-state index contributed by atoms with van der Waals surface area (Å²) in [5.74, 6) is 2.33. The molecule has 23 nitrogen and oxygen atoms in total. The van der Waals surface area contributed by atoms with E-state index in [1.165, 1.54) is 29.6 Å². The van der Waals surface area contributed by atoms with Crippen molar-refractivity contribution in [2.75, 3.05) is 34.6 Å². The maximum Gasteiger partial charge on any atom is 0.343 e. The predicted octanol–water partition coefficient (Wildman–Crippen LogP) is 14.9. The zero-order valence-corrected chi connectivity index (χ0v) is 54.2. The van der Waals surface area contributed by atoms with Gasteiger partial charge in [-0.15, -0.1) is 0 Å². The van der Waals surface area contributed by atoms with E-state index in [1.54, 1.807) is 117 Å². The molecule has 4 N–H and O–H groups in total. The van der Waals surface area contributed by atoms with Gasteiger partial charge in [-0.1, -0.05) is 87.5 Å². The molecule has 1 unspecified atom stereocenters. The molecule has 2 aromatic heterocycles. The average molecular weight is 1350 g/mol. The number of aromatic nitrogens is 1. The number of benzene rings is 9. The molecule has 500 valence electrons. The molecule has 0 saturated carbocycles. The van der Waals surface area contributed by atoms with Crippen LogP contribution in [0.4, 0.5) is 0 Å². The van der Waals surface area contributed by atoms with Crippen LogP contribution in [-0.4, -0.2) is 79.5 Å². The predicted molar refractivity (Wildman–Crippen MR) is 360 cm³/mol. The maximum absolute atomic E-state index is 13.3. The molecule has 99 heavy (non-hydrogen) atoms. The second-order valence-electron chi connectivity index (χ2n) is 23.2. The number of amides is 3. The van der Waals surface area contributed by atoms with Crippen LogP contribution >= 0.6 is 11.9 Å². The molecule has 0 fully saturated rings. The summed E-state index contributed by atoms with van der Waals surface area (Å²) in [5, 5.41) is 23.0. The third-order valence-electron chi connectivity index (χ3n) is 15.9. The summed E-state index contributed by atoms with van der Waals surface area (Å²) >= 11 is 1.18. The highest BCUT2D eigenvalue weighted by Crippen LogP contribution is 2.45. The van der Waals surface area contributed by atoms with Gasteiger partial charge in [0.05, 0.1) is 25.3 Å². The van der Waals surface area contributed by atoms with Crippen molar-refractivity contribution in [2.24, 2.45) is 0 Å². The number of pyridine rings is 1. The van der Waals surface area contributed by atoms with Gasteiger partial charge in [0, 0.05) is 39.1 Å². The van der Waals surface area contributed by atoms with Crippen LogP contribution in [0.2, 0.25) is 0 Å².